The molecule has 1 aliphatic heterocycles. The normalized spacial score (nSPS) is 17.0. The van der Waals surface area contributed by atoms with Crippen LogP contribution in [0.15, 0.2) is 24.3 Å². The SMILES string of the molecule is CCOC(=O)C1CCCN(C(=O)CN(C)C(=O)C(NC(=O)c2ccc(C(C)(C)C)cc2)C(C)C)C1. The molecule has 0 radical (unpaired) electrons. The lowest BCUT2D eigenvalue weighted by Crippen LogP contribution is -2.53. The first-order chi connectivity index (χ1) is 16.3. The van der Waals surface area contributed by atoms with Gasteiger partial charge in [0.15, 0.2) is 0 Å². The van der Waals surface area contributed by atoms with Gasteiger partial charge in [-0.1, -0.05) is 46.8 Å². The summed E-state index contributed by atoms with van der Waals surface area (Å²) in [7, 11) is 1.56. The molecule has 0 saturated carbocycles. The molecule has 1 saturated heterocycles. The number of likely N-dealkylation sites (tertiary alicyclic amines) is 1. The van der Waals surface area contributed by atoms with E-state index in [1.165, 1.54) is 4.90 Å². The Morgan fingerprint density at radius 3 is 2.31 bits per heavy atom. The number of nitrogens with zero attached hydrogens (tertiary/aromatic N) is 2. The van der Waals surface area contributed by atoms with Gasteiger partial charge in [0.1, 0.15) is 6.04 Å². The smallest absolute Gasteiger partial charge is 0.310 e. The van der Waals surface area contributed by atoms with Gasteiger partial charge in [-0.3, -0.25) is 19.2 Å². The van der Waals surface area contributed by atoms with E-state index in [-0.39, 0.29) is 47.5 Å². The Labute approximate surface area is 209 Å². The summed E-state index contributed by atoms with van der Waals surface area (Å²) in [5.41, 5.74) is 1.57. The number of likely N-dealkylation sites (N-methyl/N-ethyl adjacent to an activating group) is 1. The van der Waals surface area contributed by atoms with E-state index in [0.717, 1.165) is 5.56 Å². The lowest BCUT2D eigenvalue weighted by atomic mass is 9.86. The van der Waals surface area contributed by atoms with Gasteiger partial charge in [-0.25, -0.2) is 0 Å². The van der Waals surface area contributed by atoms with Crippen LogP contribution in [0.5, 0.6) is 0 Å². The maximum atomic E-state index is 13.2. The van der Waals surface area contributed by atoms with Crippen molar-refractivity contribution in [3.8, 4) is 0 Å². The molecular weight excluding hydrogens is 446 g/mol. The molecular formula is C27H41N3O5. The Morgan fingerprint density at radius 2 is 1.77 bits per heavy atom. The lowest BCUT2D eigenvalue weighted by molar-refractivity contribution is -0.152. The molecule has 1 aliphatic rings. The van der Waals surface area contributed by atoms with Crippen LogP contribution < -0.4 is 5.32 Å². The van der Waals surface area contributed by atoms with E-state index in [2.05, 4.69) is 26.1 Å². The third kappa shape index (κ3) is 7.80. The summed E-state index contributed by atoms with van der Waals surface area (Å²) in [6.45, 7) is 12.8. The molecule has 0 aliphatic carbocycles. The summed E-state index contributed by atoms with van der Waals surface area (Å²) in [4.78, 5) is 54.0. The molecule has 0 aromatic heterocycles. The molecule has 2 atom stereocenters. The number of ether oxygens (including phenoxy) is 1. The fraction of sp³-hybridized carbons (Fsp3) is 0.630. The van der Waals surface area contributed by atoms with Gasteiger partial charge in [0.2, 0.25) is 11.8 Å². The van der Waals surface area contributed by atoms with Gasteiger partial charge in [0, 0.05) is 25.7 Å². The van der Waals surface area contributed by atoms with Crippen LogP contribution in [0.2, 0.25) is 0 Å². The van der Waals surface area contributed by atoms with Crippen LogP contribution in [0.4, 0.5) is 0 Å². The second-order valence-corrected chi connectivity index (χ2v) is 10.6. The molecule has 1 heterocycles. The van der Waals surface area contributed by atoms with Gasteiger partial charge in [-0.2, -0.15) is 0 Å². The molecule has 8 heteroatoms. The Bertz CT molecular complexity index is 904. The molecule has 8 nitrogen and oxygen atoms in total. The van der Waals surface area contributed by atoms with Gasteiger partial charge < -0.3 is 19.9 Å². The largest absolute Gasteiger partial charge is 0.466 e. The highest BCUT2D eigenvalue weighted by Gasteiger charge is 2.32. The third-order valence-electron chi connectivity index (χ3n) is 6.38. The molecule has 35 heavy (non-hydrogen) atoms. The van der Waals surface area contributed by atoms with Crippen LogP contribution in [0.3, 0.4) is 0 Å². The van der Waals surface area contributed by atoms with Crippen LogP contribution in [0.1, 0.15) is 70.3 Å². The van der Waals surface area contributed by atoms with E-state index < -0.39 is 6.04 Å². The van der Waals surface area contributed by atoms with Gasteiger partial charge in [-0.15, -0.1) is 0 Å². The topological polar surface area (TPSA) is 96.0 Å². The van der Waals surface area contributed by atoms with Gasteiger partial charge >= 0.3 is 5.97 Å². The summed E-state index contributed by atoms with van der Waals surface area (Å²) in [6.07, 6.45) is 1.40. The minimum atomic E-state index is -0.767. The second-order valence-electron chi connectivity index (χ2n) is 10.6. The average molecular weight is 488 g/mol. The Kier molecular flexibility index (Phi) is 9.86. The van der Waals surface area contributed by atoms with Crippen LogP contribution >= 0.6 is 0 Å². The van der Waals surface area contributed by atoms with Crippen LogP contribution in [-0.2, 0) is 24.5 Å². The second kappa shape index (κ2) is 12.2. The summed E-state index contributed by atoms with van der Waals surface area (Å²) in [5.74, 6) is -1.66. The first-order valence-corrected chi connectivity index (χ1v) is 12.5. The summed E-state index contributed by atoms with van der Waals surface area (Å²) < 4.78 is 5.10. The van der Waals surface area contributed by atoms with E-state index in [1.54, 1.807) is 31.0 Å². The monoisotopic (exact) mass is 487 g/mol. The first kappa shape index (κ1) is 28.3. The molecule has 2 unspecified atom stereocenters. The highest BCUT2D eigenvalue weighted by molar-refractivity contribution is 5.98. The zero-order chi connectivity index (χ0) is 26.3. The van der Waals surface area contributed by atoms with Crippen molar-refractivity contribution < 1.29 is 23.9 Å². The standard InChI is InChI=1S/C27H41N3O5/c1-8-35-26(34)20-10-9-15-30(16-20)22(31)17-29(7)25(33)23(18(2)3)28-24(32)19-11-13-21(14-12-19)27(4,5)6/h11-14,18,20,23H,8-10,15-17H2,1-7H3,(H,28,32). The minimum Gasteiger partial charge on any atom is -0.466 e. The van der Waals surface area contributed by atoms with Gasteiger partial charge in [0.05, 0.1) is 19.1 Å². The van der Waals surface area contributed by atoms with Crippen molar-refractivity contribution >= 4 is 23.7 Å². The van der Waals surface area contributed by atoms with Gasteiger partial charge in [0.25, 0.3) is 5.91 Å². The van der Waals surface area contributed by atoms with E-state index in [9.17, 15) is 19.2 Å². The van der Waals surface area contributed by atoms with Crippen molar-refractivity contribution in [3.63, 3.8) is 0 Å². The van der Waals surface area contributed by atoms with Crippen molar-refractivity contribution in [2.75, 3.05) is 33.3 Å². The summed E-state index contributed by atoms with van der Waals surface area (Å²) in [5, 5.41) is 2.84. The quantitative estimate of drug-likeness (QED) is 0.569. The highest BCUT2D eigenvalue weighted by Crippen LogP contribution is 2.22. The first-order valence-electron chi connectivity index (χ1n) is 12.5. The molecule has 1 N–H and O–H groups in total. The van der Waals surface area contributed by atoms with Crippen molar-refractivity contribution in [1.29, 1.82) is 0 Å². The average Bonchev–Trinajstić information content (AvgIpc) is 2.81. The van der Waals surface area contributed by atoms with E-state index >= 15 is 0 Å². The number of amides is 3. The Morgan fingerprint density at radius 1 is 1.14 bits per heavy atom. The van der Waals surface area contributed by atoms with Crippen molar-refractivity contribution in [2.24, 2.45) is 11.8 Å². The Balaban J connectivity index is 2.01. The highest BCUT2D eigenvalue weighted by atomic mass is 16.5. The van der Waals surface area contributed by atoms with Crippen LogP contribution in [0, 0.1) is 11.8 Å². The van der Waals surface area contributed by atoms with E-state index in [0.29, 0.717) is 38.1 Å². The maximum absolute atomic E-state index is 13.2. The van der Waals surface area contributed by atoms with Gasteiger partial charge in [-0.05, 0) is 48.8 Å². The Hall–Kier alpha value is -2.90. The molecule has 1 fully saturated rings. The zero-order valence-electron chi connectivity index (χ0n) is 22.2. The molecule has 0 bridgehead atoms. The lowest BCUT2D eigenvalue weighted by Gasteiger charge is -2.33. The number of esters is 1. The molecule has 1 aromatic carbocycles. The maximum Gasteiger partial charge on any atom is 0.310 e. The predicted molar refractivity (Wildman–Crippen MR) is 135 cm³/mol. The number of carbonyl (C=O) groups excluding carboxylic acids is 4. The number of hydrogen-bond donors (Lipinski definition) is 1. The predicted octanol–water partition coefficient (Wildman–Crippen LogP) is 3.00. The molecule has 0 spiro atoms. The fourth-order valence-electron chi connectivity index (χ4n) is 4.13. The van der Waals surface area contributed by atoms with Crippen molar-refractivity contribution in [3.05, 3.63) is 35.4 Å². The summed E-state index contributed by atoms with van der Waals surface area (Å²) >= 11 is 0. The summed E-state index contributed by atoms with van der Waals surface area (Å²) in [6, 6.07) is 6.61. The minimum absolute atomic E-state index is 0.0224. The molecule has 1 aromatic rings. The number of rotatable bonds is 8. The number of nitrogens with one attached hydrogen (secondary N) is 1. The van der Waals surface area contributed by atoms with Crippen molar-refractivity contribution in [1.82, 2.24) is 15.1 Å². The number of piperidine rings is 1. The third-order valence-corrected chi connectivity index (χ3v) is 6.38. The number of hydrogen-bond acceptors (Lipinski definition) is 5. The fourth-order valence-corrected chi connectivity index (χ4v) is 4.13. The van der Waals surface area contributed by atoms with E-state index in [4.69, 9.17) is 4.74 Å². The number of benzene rings is 1. The van der Waals surface area contributed by atoms with Crippen molar-refractivity contribution in [2.45, 2.75) is 65.8 Å². The van der Waals surface area contributed by atoms with Crippen LogP contribution in [-0.4, -0.2) is 72.8 Å². The van der Waals surface area contributed by atoms with Crippen LogP contribution in [0.25, 0.3) is 0 Å². The molecule has 194 valence electrons. The van der Waals surface area contributed by atoms with E-state index in [1.807, 2.05) is 26.0 Å². The zero-order valence-corrected chi connectivity index (χ0v) is 22.2. The number of carbonyl (C=O) groups is 4. The molecule has 3 amide bonds. The molecule has 2 rings (SSSR count).